The molecule has 1 heterocycles. The van der Waals surface area contributed by atoms with Crippen LogP contribution in [0.2, 0.25) is 10.0 Å². The summed E-state index contributed by atoms with van der Waals surface area (Å²) >= 11 is 12.0. The lowest BCUT2D eigenvalue weighted by Gasteiger charge is -2.26. The van der Waals surface area contributed by atoms with Crippen molar-refractivity contribution in [1.82, 2.24) is 5.32 Å². The van der Waals surface area contributed by atoms with Gasteiger partial charge in [0, 0.05) is 10.6 Å². The van der Waals surface area contributed by atoms with Gasteiger partial charge in [-0.25, -0.2) is 5.87 Å². The first kappa shape index (κ1) is 23.3. The van der Waals surface area contributed by atoms with Gasteiger partial charge in [0.1, 0.15) is 11.1 Å². The zero-order valence-electron chi connectivity index (χ0n) is 16.0. The van der Waals surface area contributed by atoms with Gasteiger partial charge in [-0.15, -0.1) is 0 Å². The second kappa shape index (κ2) is 8.28. The van der Waals surface area contributed by atoms with Gasteiger partial charge >= 0.3 is 12.1 Å². The van der Waals surface area contributed by atoms with E-state index < -0.39 is 39.9 Å². The zero-order chi connectivity index (χ0) is 23.8. The predicted octanol–water partition coefficient (Wildman–Crippen LogP) is 5.06. The molecule has 0 aromatic heterocycles. The summed E-state index contributed by atoms with van der Waals surface area (Å²) in [5.74, 6) is 0.569. The fourth-order valence-electron chi connectivity index (χ4n) is 3.18. The highest BCUT2D eigenvalue weighted by molar-refractivity contribution is 6.32. The minimum atomic E-state index is -4.72. The predicted molar refractivity (Wildman–Crippen MR) is 109 cm³/mol. The Morgan fingerprint density at radius 3 is 2.44 bits per heavy atom. The van der Waals surface area contributed by atoms with Crippen LogP contribution in [-0.2, 0) is 16.4 Å². The van der Waals surface area contributed by atoms with E-state index >= 15 is 0 Å². The van der Waals surface area contributed by atoms with Crippen molar-refractivity contribution in [2.24, 2.45) is 5.11 Å². The van der Waals surface area contributed by atoms with Crippen LogP contribution in [0.3, 0.4) is 0 Å². The highest BCUT2D eigenvalue weighted by atomic mass is 35.5. The number of hydrogen-bond acceptors (Lipinski definition) is 4. The number of nitriles is 1. The summed E-state index contributed by atoms with van der Waals surface area (Å²) in [6, 6.07) is 9.19. The molecule has 1 aliphatic heterocycles. The van der Waals surface area contributed by atoms with E-state index in [4.69, 9.17) is 28.6 Å². The molecule has 1 aliphatic rings. The molecule has 2 atom stereocenters. The van der Waals surface area contributed by atoms with Crippen molar-refractivity contribution < 1.29 is 22.8 Å². The molecule has 0 spiro atoms. The van der Waals surface area contributed by atoms with Crippen molar-refractivity contribution >= 4 is 35.0 Å². The Bertz CT molecular complexity index is 1250. The van der Waals surface area contributed by atoms with Gasteiger partial charge in [0.2, 0.25) is 0 Å². The molecule has 2 unspecified atom stereocenters. The van der Waals surface area contributed by atoms with Gasteiger partial charge < -0.3 is 15.9 Å². The number of carbonyl (C=O) groups is 1. The minimum absolute atomic E-state index is 0.00770. The molecule has 0 fully saturated rings. The molecule has 1 amide bonds. The fourth-order valence-corrected chi connectivity index (χ4v) is 3.79. The first-order valence-electron chi connectivity index (χ1n) is 8.76. The summed E-state index contributed by atoms with van der Waals surface area (Å²) in [6.45, 7) is 1.39. The lowest BCUT2D eigenvalue weighted by Crippen LogP contribution is -2.36. The van der Waals surface area contributed by atoms with E-state index in [1.165, 1.54) is 31.2 Å². The van der Waals surface area contributed by atoms with Crippen LogP contribution >= 0.6 is 23.2 Å². The van der Waals surface area contributed by atoms with E-state index in [9.17, 15) is 28.4 Å². The smallest absolute Gasteiger partial charge is 0.417 e. The number of alkyl halides is 3. The van der Waals surface area contributed by atoms with Crippen LogP contribution in [0.4, 0.5) is 13.2 Å². The Balaban J connectivity index is 2.08. The second-order valence-corrected chi connectivity index (χ2v) is 7.72. The Morgan fingerprint density at radius 2 is 1.88 bits per heavy atom. The number of rotatable bonds is 3. The van der Waals surface area contributed by atoms with E-state index in [2.05, 4.69) is 10.4 Å². The number of hydrogen-bond donors (Lipinski definition) is 1. The van der Waals surface area contributed by atoms with Crippen molar-refractivity contribution in [1.29, 1.82) is 5.26 Å². The molecule has 0 saturated heterocycles. The molecule has 1 N–H and O–H groups in total. The number of halogens is 5. The Kier molecular flexibility index (Phi) is 6.03. The molecule has 0 aliphatic carbocycles. The molecule has 0 saturated carbocycles. The number of azo groups is 1. The number of hydroxylamine groups is 1. The van der Waals surface area contributed by atoms with Crippen LogP contribution in [0.1, 0.15) is 35.3 Å². The maximum atomic E-state index is 13.3. The monoisotopic (exact) mass is 480 g/mol. The average Bonchev–Trinajstić information content (AvgIpc) is 2.72. The molecule has 32 heavy (non-hydrogen) atoms. The lowest BCUT2D eigenvalue weighted by atomic mass is 9.76. The summed E-state index contributed by atoms with van der Waals surface area (Å²) < 4.78 is 39.9. The van der Waals surface area contributed by atoms with Gasteiger partial charge in [0.25, 0.3) is 6.17 Å². The third-order valence-electron chi connectivity index (χ3n) is 4.94. The summed E-state index contributed by atoms with van der Waals surface area (Å²) in [4.78, 5) is 11.6. The number of benzene rings is 2. The largest absolute Gasteiger partial charge is 0.761 e. The third-order valence-corrected chi connectivity index (χ3v) is 5.58. The molecule has 0 bridgehead atoms. The van der Waals surface area contributed by atoms with Gasteiger partial charge in [-0.1, -0.05) is 40.2 Å². The Labute approximate surface area is 189 Å². The van der Waals surface area contributed by atoms with Crippen LogP contribution in [-0.4, -0.2) is 16.6 Å². The first-order chi connectivity index (χ1) is 14.9. The van der Waals surface area contributed by atoms with Crippen molar-refractivity contribution in [2.45, 2.75) is 24.7 Å². The molecule has 2 aromatic carbocycles. The molecule has 2 aromatic rings. The summed E-state index contributed by atoms with van der Waals surface area (Å²) in [7, 11) is 0. The zero-order valence-corrected chi connectivity index (χ0v) is 17.5. The van der Waals surface area contributed by atoms with E-state index in [1.54, 1.807) is 5.87 Å². The van der Waals surface area contributed by atoms with Crippen LogP contribution in [0.25, 0.3) is 5.41 Å². The average molecular weight is 481 g/mol. The van der Waals surface area contributed by atoms with E-state index in [0.29, 0.717) is 0 Å². The summed E-state index contributed by atoms with van der Waals surface area (Å²) in [5, 5.41) is 36.0. The quantitative estimate of drug-likeness (QED) is 0.286. The third kappa shape index (κ3) is 4.06. The Morgan fingerprint density at radius 1 is 1.19 bits per heavy atom. The van der Waals surface area contributed by atoms with E-state index in [0.717, 1.165) is 12.1 Å². The molecule has 7 nitrogen and oxygen atoms in total. The molecule has 164 valence electrons. The molecule has 3 rings (SSSR count). The van der Waals surface area contributed by atoms with Crippen molar-refractivity contribution in [2.75, 3.05) is 0 Å². The number of nitrogens with one attached hydrogen (secondary N) is 1. The van der Waals surface area contributed by atoms with Gasteiger partial charge in [0.15, 0.2) is 0 Å². The second-order valence-electron chi connectivity index (χ2n) is 6.91. The van der Waals surface area contributed by atoms with Crippen molar-refractivity contribution in [3.8, 4) is 6.07 Å². The topological polar surface area (TPSA) is 114 Å². The highest BCUT2D eigenvalue weighted by Crippen LogP contribution is 2.41. The van der Waals surface area contributed by atoms with Crippen molar-refractivity contribution in [3.05, 3.63) is 85.0 Å². The van der Waals surface area contributed by atoms with Crippen LogP contribution in [0.5, 0.6) is 0 Å². The molecular weight excluding hydrogens is 470 g/mol. The van der Waals surface area contributed by atoms with Crippen LogP contribution in [0, 0.1) is 16.5 Å². The minimum Gasteiger partial charge on any atom is -0.761 e. The summed E-state index contributed by atoms with van der Waals surface area (Å²) in [6.07, 6.45) is -5.97. The van der Waals surface area contributed by atoms with Crippen LogP contribution in [0.15, 0.2) is 47.2 Å². The number of carbonyl (C=O) groups excluding carboxylic acids is 1. The number of nitrogens with zero attached hydrogens (tertiary/aromatic N) is 4. The molecule has 0 radical (unpaired) electrons. The summed E-state index contributed by atoms with van der Waals surface area (Å²) in [5.41, 5.74) is -2.73. The van der Waals surface area contributed by atoms with Gasteiger partial charge in [-0.2, -0.15) is 18.4 Å². The maximum Gasteiger partial charge on any atom is 0.417 e. The first-order valence-corrected chi connectivity index (χ1v) is 9.52. The van der Waals surface area contributed by atoms with Gasteiger partial charge in [-0.05, 0) is 42.3 Å². The van der Waals surface area contributed by atoms with Gasteiger partial charge in [0.05, 0.1) is 21.8 Å². The number of amides is 1. The highest BCUT2D eigenvalue weighted by Gasteiger charge is 2.38. The molecule has 12 heteroatoms. The SMILES string of the molecule is CC(C#N)(c1ccc(Cl)c(C(F)(F)F)c1)c1ccc(C2NC(=C=[N-])C(=O)N=[N+]2[O-])cc1Cl. The normalized spacial score (nSPS) is 18.2. The lowest BCUT2D eigenvalue weighted by molar-refractivity contribution is -0.578. The fraction of sp³-hybridized carbons (Fsp3) is 0.200. The standard InChI is InChI=1S/C20H11Cl2F3N5O2/c1-19(9-27,11-3-5-14(21)13(7-11)20(23,24)25)12-4-2-10(6-15(12)22)17-28-16(8-26)18(31)29-30(17)32/h2-7,17,28H,1H3/q-1. The van der Waals surface area contributed by atoms with Gasteiger partial charge in [-0.3, -0.25) is 4.79 Å². The maximum absolute atomic E-state index is 13.3. The van der Waals surface area contributed by atoms with Crippen LogP contribution < -0.4 is 5.32 Å². The van der Waals surface area contributed by atoms with E-state index in [-0.39, 0.29) is 26.6 Å². The Hall–Kier alpha value is -3.38. The molecular formula is C20H11Cl2F3N5O2-. The van der Waals surface area contributed by atoms with E-state index in [1.807, 2.05) is 6.07 Å². The van der Waals surface area contributed by atoms with Crippen molar-refractivity contribution in [3.63, 3.8) is 0 Å².